The molecule has 0 aliphatic heterocycles. The number of benzene rings is 2. The lowest BCUT2D eigenvalue weighted by atomic mass is 9.88. The Hall–Kier alpha value is -2.61. The summed E-state index contributed by atoms with van der Waals surface area (Å²) >= 11 is 0. The molecule has 2 nitrogen and oxygen atoms in total. The molecule has 1 aromatic heterocycles. The van der Waals surface area contributed by atoms with Gasteiger partial charge in [-0.1, -0.05) is 81.5 Å². The molecule has 0 bridgehead atoms. The predicted octanol–water partition coefficient (Wildman–Crippen LogP) is 6.35. The Morgan fingerprint density at radius 2 is 1.85 bits per heavy atom. The van der Waals surface area contributed by atoms with Crippen LogP contribution < -0.4 is 0 Å². The number of rotatable bonds is 3. The molecule has 1 heterocycles. The molecular weight excluding hydrogens is 316 g/mol. The summed E-state index contributed by atoms with van der Waals surface area (Å²) in [6, 6.07) is 17.6. The summed E-state index contributed by atoms with van der Waals surface area (Å²) in [5.41, 5.74) is 5.12. The molecule has 0 fully saturated rings. The first kappa shape index (κ1) is 16.8. The number of hydrogen-bond donors (Lipinski definition) is 0. The molecule has 0 amide bonds. The molecule has 0 radical (unpaired) electrons. The van der Waals surface area contributed by atoms with Gasteiger partial charge in [0, 0.05) is 5.56 Å². The number of nitrogens with zero attached hydrogens (tertiary/aromatic N) is 2. The van der Waals surface area contributed by atoms with Crippen LogP contribution in [0.2, 0.25) is 0 Å². The molecule has 0 spiro atoms. The van der Waals surface area contributed by atoms with Crippen molar-refractivity contribution in [3.8, 4) is 11.4 Å². The monoisotopic (exact) mass is 342 g/mol. The van der Waals surface area contributed by atoms with Crippen molar-refractivity contribution in [3.63, 3.8) is 0 Å². The maximum Gasteiger partial charge on any atom is 0.141 e. The average molecular weight is 342 g/mol. The summed E-state index contributed by atoms with van der Waals surface area (Å²) in [6.45, 7) is 6.87. The standard InChI is InChI=1S/C24H26N2/c1-24(2,3)17-18-14-15-21-22(16-18)26(20-12-8-5-9-13-20)23(25-21)19-10-6-4-7-11-19/h4-12,14-16,20H,13,17H2,1-3H3. The van der Waals surface area contributed by atoms with E-state index in [1.54, 1.807) is 0 Å². The fourth-order valence-electron chi connectivity index (χ4n) is 3.75. The van der Waals surface area contributed by atoms with Crippen LogP contribution in [0.4, 0.5) is 0 Å². The van der Waals surface area contributed by atoms with Crippen LogP contribution in [0.1, 0.15) is 38.8 Å². The highest BCUT2D eigenvalue weighted by Gasteiger charge is 2.20. The molecule has 4 rings (SSSR count). The summed E-state index contributed by atoms with van der Waals surface area (Å²) in [4.78, 5) is 5.00. The zero-order valence-electron chi connectivity index (χ0n) is 15.8. The maximum absolute atomic E-state index is 5.00. The minimum absolute atomic E-state index is 0.272. The molecule has 1 aliphatic carbocycles. The van der Waals surface area contributed by atoms with Crippen LogP contribution in [0.25, 0.3) is 22.4 Å². The first-order chi connectivity index (χ1) is 12.5. The number of fused-ring (bicyclic) bond motifs is 1. The van der Waals surface area contributed by atoms with Gasteiger partial charge in [0.05, 0.1) is 17.1 Å². The molecule has 132 valence electrons. The number of aromatic nitrogens is 2. The van der Waals surface area contributed by atoms with Gasteiger partial charge in [-0.25, -0.2) is 4.98 Å². The van der Waals surface area contributed by atoms with E-state index in [1.807, 2.05) is 0 Å². The van der Waals surface area contributed by atoms with Crippen molar-refractivity contribution in [2.45, 2.75) is 39.7 Å². The maximum atomic E-state index is 5.00. The van der Waals surface area contributed by atoms with E-state index in [4.69, 9.17) is 4.98 Å². The second kappa shape index (κ2) is 6.60. The van der Waals surface area contributed by atoms with Gasteiger partial charge in [-0.15, -0.1) is 0 Å². The zero-order valence-corrected chi connectivity index (χ0v) is 15.8. The lowest BCUT2D eigenvalue weighted by Gasteiger charge is -2.21. The fraction of sp³-hybridized carbons (Fsp3) is 0.292. The highest BCUT2D eigenvalue weighted by molar-refractivity contribution is 5.82. The molecule has 2 heteroatoms. The third-order valence-corrected chi connectivity index (χ3v) is 4.81. The van der Waals surface area contributed by atoms with Crippen molar-refractivity contribution in [1.29, 1.82) is 0 Å². The van der Waals surface area contributed by atoms with Crippen LogP contribution >= 0.6 is 0 Å². The van der Waals surface area contributed by atoms with Crippen molar-refractivity contribution in [3.05, 3.63) is 78.4 Å². The minimum atomic E-state index is 0.272. The number of imidazole rings is 1. The lowest BCUT2D eigenvalue weighted by molar-refractivity contribution is 0.411. The predicted molar refractivity (Wildman–Crippen MR) is 110 cm³/mol. The molecule has 0 N–H and O–H groups in total. The van der Waals surface area contributed by atoms with Gasteiger partial charge in [-0.3, -0.25) is 0 Å². The average Bonchev–Trinajstić information content (AvgIpc) is 3.00. The number of hydrogen-bond acceptors (Lipinski definition) is 1. The summed E-state index contributed by atoms with van der Waals surface area (Å²) in [5, 5.41) is 0. The van der Waals surface area contributed by atoms with E-state index < -0.39 is 0 Å². The van der Waals surface area contributed by atoms with Gasteiger partial charge in [0.25, 0.3) is 0 Å². The molecule has 1 unspecified atom stereocenters. The summed E-state index contributed by atoms with van der Waals surface area (Å²) in [6.07, 6.45) is 10.9. The third kappa shape index (κ3) is 3.37. The molecule has 2 aromatic carbocycles. The SMILES string of the molecule is CC(C)(C)Cc1ccc2nc(-c3ccccc3)n(C3C=CC=CC3)c2c1. The van der Waals surface area contributed by atoms with Crippen LogP contribution in [0.5, 0.6) is 0 Å². The Labute approximate surface area is 155 Å². The molecular formula is C24H26N2. The smallest absolute Gasteiger partial charge is 0.141 e. The largest absolute Gasteiger partial charge is 0.317 e. The summed E-state index contributed by atoms with van der Waals surface area (Å²) in [7, 11) is 0. The molecule has 0 saturated heterocycles. The fourth-order valence-corrected chi connectivity index (χ4v) is 3.75. The van der Waals surface area contributed by atoms with Crippen LogP contribution in [-0.2, 0) is 6.42 Å². The van der Waals surface area contributed by atoms with Crippen LogP contribution in [-0.4, -0.2) is 9.55 Å². The van der Waals surface area contributed by atoms with E-state index in [2.05, 4.69) is 98.2 Å². The van der Waals surface area contributed by atoms with Crippen LogP contribution in [0.15, 0.2) is 72.8 Å². The van der Waals surface area contributed by atoms with Crippen molar-refractivity contribution >= 4 is 11.0 Å². The van der Waals surface area contributed by atoms with E-state index in [0.29, 0.717) is 6.04 Å². The Morgan fingerprint density at radius 1 is 1.04 bits per heavy atom. The lowest BCUT2D eigenvalue weighted by Crippen LogP contribution is -2.10. The summed E-state index contributed by atoms with van der Waals surface area (Å²) < 4.78 is 2.41. The Kier molecular flexibility index (Phi) is 4.28. The third-order valence-electron chi connectivity index (χ3n) is 4.81. The van der Waals surface area contributed by atoms with Gasteiger partial charge in [-0.2, -0.15) is 0 Å². The second-order valence-corrected chi connectivity index (χ2v) is 8.35. The first-order valence-corrected chi connectivity index (χ1v) is 9.41. The number of allylic oxidation sites excluding steroid dienone is 4. The van der Waals surface area contributed by atoms with Gasteiger partial charge in [-0.05, 0) is 36.0 Å². The van der Waals surface area contributed by atoms with E-state index in [9.17, 15) is 0 Å². The van der Waals surface area contributed by atoms with Gasteiger partial charge < -0.3 is 4.57 Å². The van der Waals surface area contributed by atoms with Gasteiger partial charge in [0.1, 0.15) is 5.82 Å². The second-order valence-electron chi connectivity index (χ2n) is 8.35. The normalized spacial score (nSPS) is 17.1. The van der Waals surface area contributed by atoms with E-state index in [0.717, 1.165) is 24.2 Å². The van der Waals surface area contributed by atoms with Gasteiger partial charge in [0.15, 0.2) is 0 Å². The van der Waals surface area contributed by atoms with E-state index in [-0.39, 0.29) is 5.41 Å². The quantitative estimate of drug-likeness (QED) is 0.542. The zero-order chi connectivity index (χ0) is 18.1. The molecule has 0 saturated carbocycles. The van der Waals surface area contributed by atoms with Gasteiger partial charge in [0.2, 0.25) is 0 Å². The highest BCUT2D eigenvalue weighted by Crippen LogP contribution is 2.33. The highest BCUT2D eigenvalue weighted by atomic mass is 15.1. The molecule has 1 aliphatic rings. The van der Waals surface area contributed by atoms with Crippen LogP contribution in [0.3, 0.4) is 0 Å². The molecule has 26 heavy (non-hydrogen) atoms. The Bertz CT molecular complexity index is 969. The topological polar surface area (TPSA) is 17.8 Å². The van der Waals surface area contributed by atoms with Crippen molar-refractivity contribution in [2.24, 2.45) is 5.41 Å². The molecule has 3 aromatic rings. The van der Waals surface area contributed by atoms with Crippen molar-refractivity contribution in [2.75, 3.05) is 0 Å². The van der Waals surface area contributed by atoms with E-state index in [1.165, 1.54) is 16.6 Å². The van der Waals surface area contributed by atoms with Crippen molar-refractivity contribution < 1.29 is 0 Å². The van der Waals surface area contributed by atoms with Crippen molar-refractivity contribution in [1.82, 2.24) is 9.55 Å². The molecule has 1 atom stereocenters. The Balaban J connectivity index is 1.90. The summed E-state index contributed by atoms with van der Waals surface area (Å²) in [5.74, 6) is 1.05. The van der Waals surface area contributed by atoms with Gasteiger partial charge >= 0.3 is 0 Å². The Morgan fingerprint density at radius 3 is 2.54 bits per heavy atom. The minimum Gasteiger partial charge on any atom is -0.317 e. The first-order valence-electron chi connectivity index (χ1n) is 9.41. The van der Waals surface area contributed by atoms with Crippen LogP contribution in [0, 0.1) is 5.41 Å². The van der Waals surface area contributed by atoms with E-state index >= 15 is 0 Å².